The third-order valence-electron chi connectivity index (χ3n) is 3.02. The lowest BCUT2D eigenvalue weighted by Crippen LogP contribution is -2.32. The topological polar surface area (TPSA) is 114 Å². The van der Waals surface area contributed by atoms with Crippen LogP contribution in [0.1, 0.15) is 21.5 Å². The molecular weight excluding hydrogens is 272 g/mol. The first-order valence-corrected chi connectivity index (χ1v) is 6.24. The predicted octanol–water partition coefficient (Wildman–Crippen LogP) is 0.973. The van der Waals surface area contributed by atoms with Crippen LogP contribution < -0.4 is 5.73 Å². The van der Waals surface area contributed by atoms with Crippen molar-refractivity contribution < 1.29 is 19.8 Å². The molecule has 1 atom stereocenters. The molecule has 6 heteroatoms. The van der Waals surface area contributed by atoms with Crippen LogP contribution in [0.4, 0.5) is 0 Å². The van der Waals surface area contributed by atoms with Crippen LogP contribution in [0.5, 0.6) is 5.75 Å². The number of hydrogen-bond donors (Lipinski definition) is 3. The predicted molar refractivity (Wildman–Crippen MR) is 75.1 cm³/mol. The van der Waals surface area contributed by atoms with Gasteiger partial charge in [0, 0.05) is 23.5 Å². The van der Waals surface area contributed by atoms with Crippen molar-refractivity contribution in [2.45, 2.75) is 12.5 Å². The van der Waals surface area contributed by atoms with E-state index in [4.69, 9.17) is 10.8 Å². The summed E-state index contributed by atoms with van der Waals surface area (Å²) in [6, 6.07) is 6.30. The average molecular weight is 286 g/mol. The summed E-state index contributed by atoms with van der Waals surface area (Å²) in [4.78, 5) is 27.2. The lowest BCUT2D eigenvalue weighted by atomic mass is 9.95. The van der Waals surface area contributed by atoms with E-state index < -0.39 is 12.0 Å². The second-order valence-corrected chi connectivity index (χ2v) is 4.56. The number of rotatable bonds is 5. The fourth-order valence-corrected chi connectivity index (χ4v) is 1.93. The molecule has 0 bridgehead atoms. The zero-order valence-electron chi connectivity index (χ0n) is 11.1. The van der Waals surface area contributed by atoms with E-state index in [0.29, 0.717) is 11.1 Å². The smallest absolute Gasteiger partial charge is 0.320 e. The molecule has 1 aromatic carbocycles. The van der Waals surface area contributed by atoms with Crippen LogP contribution in [0.25, 0.3) is 0 Å². The van der Waals surface area contributed by atoms with Crippen LogP contribution in [0, 0.1) is 0 Å². The number of ketones is 1. The zero-order valence-corrected chi connectivity index (χ0v) is 11.1. The lowest BCUT2D eigenvalue weighted by molar-refractivity contribution is -0.138. The van der Waals surface area contributed by atoms with Gasteiger partial charge in [-0.25, -0.2) is 0 Å². The number of pyridine rings is 1. The van der Waals surface area contributed by atoms with Gasteiger partial charge in [0.2, 0.25) is 0 Å². The monoisotopic (exact) mass is 286 g/mol. The van der Waals surface area contributed by atoms with Crippen LogP contribution in [0.2, 0.25) is 0 Å². The van der Waals surface area contributed by atoms with E-state index in [1.165, 1.54) is 24.4 Å². The summed E-state index contributed by atoms with van der Waals surface area (Å²) in [7, 11) is 0. The van der Waals surface area contributed by atoms with Gasteiger partial charge in [0.1, 0.15) is 11.8 Å². The molecule has 1 heterocycles. The summed E-state index contributed by atoms with van der Waals surface area (Å²) in [5.41, 5.74) is 6.55. The number of phenolic OH excluding ortho intramolecular Hbond substituents is 1. The van der Waals surface area contributed by atoms with Crippen molar-refractivity contribution in [3.05, 3.63) is 59.4 Å². The molecule has 0 amide bonds. The number of nitrogens with zero attached hydrogens (tertiary/aromatic N) is 1. The van der Waals surface area contributed by atoms with Crippen molar-refractivity contribution in [3.8, 4) is 5.75 Å². The van der Waals surface area contributed by atoms with Crippen molar-refractivity contribution in [3.63, 3.8) is 0 Å². The summed E-state index contributed by atoms with van der Waals surface area (Å²) < 4.78 is 0. The molecule has 108 valence electrons. The van der Waals surface area contributed by atoms with Gasteiger partial charge < -0.3 is 15.9 Å². The number of carbonyl (C=O) groups excluding carboxylic acids is 1. The lowest BCUT2D eigenvalue weighted by Gasteiger charge is -2.12. The molecule has 0 aliphatic heterocycles. The van der Waals surface area contributed by atoms with Crippen LogP contribution in [-0.4, -0.2) is 33.0 Å². The highest BCUT2D eigenvalue weighted by molar-refractivity contribution is 6.10. The SMILES string of the molecule is N[C@@H](Cc1ccc(O)cc1C(=O)c1cccnc1)C(=O)O. The molecular formula is C15H14N2O4. The molecule has 2 rings (SSSR count). The van der Waals surface area contributed by atoms with Crippen molar-refractivity contribution in [2.75, 3.05) is 0 Å². The number of aromatic nitrogens is 1. The molecule has 0 fully saturated rings. The Morgan fingerprint density at radius 2 is 2.05 bits per heavy atom. The number of aromatic hydroxyl groups is 1. The second-order valence-electron chi connectivity index (χ2n) is 4.56. The van der Waals surface area contributed by atoms with Gasteiger partial charge in [0.05, 0.1) is 0 Å². The molecule has 0 spiro atoms. The number of nitrogens with two attached hydrogens (primary N) is 1. The molecule has 0 aliphatic carbocycles. The third-order valence-corrected chi connectivity index (χ3v) is 3.02. The molecule has 0 saturated heterocycles. The molecule has 4 N–H and O–H groups in total. The number of carboxylic acids is 1. The summed E-state index contributed by atoms with van der Waals surface area (Å²) in [6.07, 6.45) is 2.95. The van der Waals surface area contributed by atoms with Gasteiger partial charge in [-0.3, -0.25) is 14.6 Å². The molecule has 6 nitrogen and oxygen atoms in total. The highest BCUT2D eigenvalue weighted by atomic mass is 16.4. The number of phenols is 1. The van der Waals surface area contributed by atoms with Crippen LogP contribution in [-0.2, 0) is 11.2 Å². The zero-order chi connectivity index (χ0) is 15.4. The van der Waals surface area contributed by atoms with E-state index in [1.807, 2.05) is 0 Å². The minimum Gasteiger partial charge on any atom is -0.508 e. The summed E-state index contributed by atoms with van der Waals surface area (Å²) in [5, 5.41) is 18.4. The first-order chi connectivity index (χ1) is 9.99. The van der Waals surface area contributed by atoms with E-state index in [0.717, 1.165) is 0 Å². The Morgan fingerprint density at radius 1 is 1.29 bits per heavy atom. The maximum Gasteiger partial charge on any atom is 0.320 e. The minimum absolute atomic E-state index is 0.00303. The molecule has 2 aromatic rings. The number of aliphatic carboxylic acids is 1. The Hall–Kier alpha value is -2.73. The van der Waals surface area contributed by atoms with Gasteiger partial charge in [-0.2, -0.15) is 0 Å². The van der Waals surface area contributed by atoms with Gasteiger partial charge in [0.15, 0.2) is 5.78 Å². The number of hydrogen-bond acceptors (Lipinski definition) is 5. The minimum atomic E-state index is -1.15. The highest BCUT2D eigenvalue weighted by Gasteiger charge is 2.19. The molecule has 0 saturated carbocycles. The van der Waals surface area contributed by atoms with E-state index >= 15 is 0 Å². The van der Waals surface area contributed by atoms with Crippen molar-refractivity contribution in [2.24, 2.45) is 5.73 Å². The van der Waals surface area contributed by atoms with Crippen LogP contribution >= 0.6 is 0 Å². The Balaban J connectivity index is 2.40. The van der Waals surface area contributed by atoms with Gasteiger partial charge in [0.25, 0.3) is 0 Å². The summed E-state index contributed by atoms with van der Waals surface area (Å²) >= 11 is 0. The van der Waals surface area contributed by atoms with Crippen LogP contribution in [0.15, 0.2) is 42.7 Å². The maximum absolute atomic E-state index is 12.4. The Bertz CT molecular complexity index is 671. The van der Waals surface area contributed by atoms with E-state index in [9.17, 15) is 14.7 Å². The Labute approximate surface area is 120 Å². The number of carboxylic acid groups (broad SMARTS) is 1. The third kappa shape index (κ3) is 3.43. The van der Waals surface area contributed by atoms with Gasteiger partial charge in [-0.15, -0.1) is 0 Å². The van der Waals surface area contributed by atoms with E-state index in [-0.39, 0.29) is 23.5 Å². The van der Waals surface area contributed by atoms with Crippen molar-refractivity contribution >= 4 is 11.8 Å². The summed E-state index contributed by atoms with van der Waals surface area (Å²) in [5.74, 6) is -1.57. The standard InChI is InChI=1S/C15H14N2O4/c16-13(15(20)21)6-9-3-4-11(18)7-12(9)14(19)10-2-1-5-17-8-10/h1-5,7-8,13,18H,6,16H2,(H,20,21)/t13-/m0/s1. The largest absolute Gasteiger partial charge is 0.508 e. The molecule has 0 unspecified atom stereocenters. The fourth-order valence-electron chi connectivity index (χ4n) is 1.93. The van der Waals surface area contributed by atoms with Crippen LogP contribution in [0.3, 0.4) is 0 Å². The van der Waals surface area contributed by atoms with Crippen molar-refractivity contribution in [1.82, 2.24) is 4.98 Å². The quantitative estimate of drug-likeness (QED) is 0.706. The average Bonchev–Trinajstić information content (AvgIpc) is 2.49. The fraction of sp³-hybridized carbons (Fsp3) is 0.133. The molecule has 21 heavy (non-hydrogen) atoms. The first kappa shape index (κ1) is 14.7. The second kappa shape index (κ2) is 6.15. The maximum atomic E-state index is 12.4. The van der Waals surface area contributed by atoms with E-state index in [1.54, 1.807) is 18.3 Å². The Kier molecular flexibility index (Phi) is 4.30. The normalized spacial score (nSPS) is 11.9. The number of benzene rings is 1. The van der Waals surface area contributed by atoms with Crippen molar-refractivity contribution in [1.29, 1.82) is 0 Å². The molecule has 0 radical (unpaired) electrons. The molecule has 0 aliphatic rings. The van der Waals surface area contributed by atoms with E-state index in [2.05, 4.69) is 4.98 Å². The van der Waals surface area contributed by atoms with Gasteiger partial charge >= 0.3 is 5.97 Å². The Morgan fingerprint density at radius 3 is 2.67 bits per heavy atom. The highest BCUT2D eigenvalue weighted by Crippen LogP contribution is 2.21. The van der Waals surface area contributed by atoms with Gasteiger partial charge in [-0.1, -0.05) is 6.07 Å². The number of carbonyl (C=O) groups is 2. The summed E-state index contributed by atoms with van der Waals surface area (Å²) in [6.45, 7) is 0. The van der Waals surface area contributed by atoms with Gasteiger partial charge in [-0.05, 0) is 36.2 Å². The first-order valence-electron chi connectivity index (χ1n) is 6.24. The molecule has 1 aromatic heterocycles.